The van der Waals surface area contributed by atoms with E-state index in [0.29, 0.717) is 43.2 Å². The molecule has 1 aromatic rings. The van der Waals surface area contributed by atoms with Crippen LogP contribution in [0.5, 0.6) is 0 Å². The fourth-order valence-corrected chi connectivity index (χ4v) is 28.5. The highest BCUT2D eigenvalue weighted by Crippen LogP contribution is 2.80. The summed E-state index contributed by atoms with van der Waals surface area (Å²) in [5, 5.41) is 89.4. The Morgan fingerprint density at radius 3 is 2.42 bits per heavy atom. The highest BCUT2D eigenvalue weighted by molar-refractivity contribution is 8.77. The van der Waals surface area contributed by atoms with Crippen LogP contribution in [0, 0.1) is 92.2 Å². The van der Waals surface area contributed by atoms with Crippen molar-refractivity contribution in [2.24, 2.45) is 103 Å². The number of rotatable bonds is 11. The number of aliphatic imine (C=N–C) groups is 1. The summed E-state index contributed by atoms with van der Waals surface area (Å²) >= 11 is 0. The zero-order valence-electron chi connectivity index (χ0n) is 52.4. The number of hydrogen-bond donors (Lipinski definition) is 10. The van der Waals surface area contributed by atoms with Gasteiger partial charge in [0, 0.05) is 77.0 Å². The molecule has 1 aromatic heterocycles. The molecule has 0 amide bonds. The number of nitrogens with two attached hydrogens (primary N) is 1. The molecule has 7 saturated carbocycles. The standard InChI is InChI=1S/C69H107N7O7S2/c1-40(2)13-10-21-66-34-52(80)60(81)48(36-71-6)58(66)51(79)30-50-56(66)43(35-74-62(70)75-41(3)78)32-67(38-77)49-31-53(69(50,67)83)68(22-12-20-65(68)23-25-72-26-24-65)85-84-37-44(76-28-27-73-39-76)33-63(4,5)59-46-16-11-19-64(17-7-8-18-64)57(46)45-15-9-14-42-29-47(49)61(82)55(59)54(42)45/h27-28,30,39-44,47-49,52-53,55-58,60-61,71-72,77-78,80-83H,7-26,29,31-38H2,1-6H3,(H3,70,74,75)/t41-,42+,43+,44-,47+,48+,49-,52+,53-,55-,56+,57-,58+,60-,61+,66-,67+,68-,69+/m1/s1. The van der Waals surface area contributed by atoms with Gasteiger partial charge >= 0.3 is 0 Å². The Labute approximate surface area is 515 Å². The molecule has 3 spiro atoms. The fraction of sp³-hybridized carbons (Fsp3) is 0.841. The molecule has 16 heteroatoms. The van der Waals surface area contributed by atoms with Crippen molar-refractivity contribution in [2.45, 2.75) is 223 Å². The molecule has 472 valence electrons. The number of nitrogens with zero attached hydrogens (tertiary/aromatic N) is 3. The van der Waals surface area contributed by atoms with Gasteiger partial charge in [-0.3, -0.25) is 9.79 Å². The van der Waals surface area contributed by atoms with Crippen molar-refractivity contribution in [1.82, 2.24) is 25.5 Å². The highest BCUT2D eigenvalue weighted by Gasteiger charge is 2.80. The molecule has 14 nitrogen and oxygen atoms in total. The molecule has 4 bridgehead atoms. The first-order chi connectivity index (χ1) is 40.8. The number of carbonyl (C=O) groups is 1. The number of imidazole rings is 1. The van der Waals surface area contributed by atoms with Crippen LogP contribution in [-0.2, 0) is 4.79 Å². The lowest BCUT2D eigenvalue weighted by Crippen LogP contribution is -2.71. The van der Waals surface area contributed by atoms with E-state index < -0.39 is 69.4 Å². The van der Waals surface area contributed by atoms with Crippen LogP contribution in [-0.4, -0.2) is 132 Å². The first-order valence-corrected chi connectivity index (χ1v) is 36.6. The van der Waals surface area contributed by atoms with Crippen LogP contribution in [0.2, 0.25) is 0 Å². The second kappa shape index (κ2) is 23.1. The van der Waals surface area contributed by atoms with E-state index in [4.69, 9.17) is 15.7 Å². The van der Waals surface area contributed by atoms with Crippen LogP contribution in [0.15, 0.2) is 57.7 Å². The summed E-state index contributed by atoms with van der Waals surface area (Å²) < 4.78 is 1.89. The summed E-state index contributed by atoms with van der Waals surface area (Å²) in [7, 11) is 5.90. The van der Waals surface area contributed by atoms with Gasteiger partial charge in [-0.15, -0.1) is 0 Å². The Balaban J connectivity index is 1.07. The maximum atomic E-state index is 16.3. The lowest BCUT2D eigenvalue weighted by Gasteiger charge is -2.67. The summed E-state index contributed by atoms with van der Waals surface area (Å²) in [6.45, 7) is 13.1. The summed E-state index contributed by atoms with van der Waals surface area (Å²) in [6.07, 6.45) is 26.3. The van der Waals surface area contributed by atoms with E-state index in [1.165, 1.54) is 44.1 Å². The predicted octanol–water partition coefficient (Wildman–Crippen LogP) is 9.42. The van der Waals surface area contributed by atoms with Crippen molar-refractivity contribution >= 4 is 33.3 Å². The fourth-order valence-electron chi connectivity index (χ4n) is 24.2. The predicted molar refractivity (Wildman–Crippen MR) is 339 cm³/mol. The van der Waals surface area contributed by atoms with Gasteiger partial charge in [-0.1, -0.05) is 104 Å². The van der Waals surface area contributed by atoms with Gasteiger partial charge in [-0.25, -0.2) is 4.98 Å². The van der Waals surface area contributed by atoms with E-state index >= 15 is 9.90 Å². The Bertz CT molecular complexity index is 2770. The van der Waals surface area contributed by atoms with Crippen molar-refractivity contribution in [3.8, 4) is 0 Å². The monoisotopic (exact) mass is 1210 g/mol. The van der Waals surface area contributed by atoms with Crippen LogP contribution < -0.4 is 21.7 Å². The Morgan fingerprint density at radius 2 is 1.71 bits per heavy atom. The van der Waals surface area contributed by atoms with Crippen molar-refractivity contribution in [3.05, 3.63) is 52.7 Å². The number of fused-ring (bicyclic) bond motifs is 16. The van der Waals surface area contributed by atoms with Crippen LogP contribution >= 0.6 is 21.6 Å². The number of nitrogens with one attached hydrogen (secondary N) is 3. The number of carbonyl (C=O) groups excluding carboxylic acids is 1. The Hall–Kier alpha value is -2.25. The Morgan fingerprint density at radius 1 is 0.941 bits per heavy atom. The maximum absolute atomic E-state index is 16.3. The SMILES string of the molecule is CNC[C@@H]1[C@@H](O)[C@@H](O)C[C@]2(CCCC(C)C)[C@@H]3C(=CC(=O)[C@H]12)[C@]1(O)[C@@H]2C[C@H]([C@@H]4C[C@@H]5CCCC6=C5[C@H](C(=C5CCCC7(CCCC7)[C@H]65)C(C)(C)C[C@@H](n5ccnc5)CSS[C@]25CCCC52CCNCC2)[C@H]4O)[C@@]1(CO)C[C@H]3CN=C(N)N[C@@H](C)O. The van der Waals surface area contributed by atoms with Gasteiger partial charge in [0.15, 0.2) is 11.7 Å². The van der Waals surface area contributed by atoms with Gasteiger partial charge in [0.2, 0.25) is 0 Å². The summed E-state index contributed by atoms with van der Waals surface area (Å²) in [5.41, 5.74) is 9.88. The minimum atomic E-state index is -1.71. The molecule has 85 heavy (non-hydrogen) atoms. The van der Waals surface area contributed by atoms with Crippen LogP contribution in [0.4, 0.5) is 0 Å². The normalized spacial score (nSPS) is 44.0. The number of aromatic nitrogens is 2. The number of aliphatic hydroxyl groups is 6. The van der Waals surface area contributed by atoms with Crippen LogP contribution in [0.3, 0.4) is 0 Å². The molecular weight excluding hydrogens is 1100 g/mol. The molecule has 2 saturated heterocycles. The van der Waals surface area contributed by atoms with Gasteiger partial charge in [0.1, 0.15) is 6.23 Å². The van der Waals surface area contributed by atoms with E-state index in [-0.39, 0.29) is 83.2 Å². The number of ketones is 1. The molecule has 9 fully saturated rings. The molecule has 19 atom stereocenters. The third-order valence-corrected chi connectivity index (χ3v) is 30.3. The average Bonchev–Trinajstić information content (AvgIpc) is 1.60. The minimum absolute atomic E-state index is 0.0953. The summed E-state index contributed by atoms with van der Waals surface area (Å²) in [5.74, 6) is -1.28. The quantitative estimate of drug-likeness (QED) is 0.0327. The molecule has 2 aliphatic heterocycles. The third kappa shape index (κ3) is 9.43. The van der Waals surface area contributed by atoms with Gasteiger partial charge in [0.05, 0.1) is 36.8 Å². The molecule has 0 unspecified atom stereocenters. The largest absolute Gasteiger partial charge is 0.396 e. The van der Waals surface area contributed by atoms with E-state index in [0.717, 1.165) is 102 Å². The van der Waals surface area contributed by atoms with Gasteiger partial charge in [0.25, 0.3) is 0 Å². The number of guanidine groups is 1. The molecule has 11 N–H and O–H groups in total. The smallest absolute Gasteiger partial charge is 0.190 e. The van der Waals surface area contributed by atoms with E-state index in [2.05, 4.69) is 65.2 Å². The summed E-state index contributed by atoms with van der Waals surface area (Å²) in [4.78, 5) is 26.1. The topological polar surface area (TPSA) is 231 Å². The van der Waals surface area contributed by atoms with E-state index in [9.17, 15) is 25.5 Å². The minimum Gasteiger partial charge on any atom is -0.396 e. The molecule has 0 aromatic carbocycles. The van der Waals surface area contributed by atoms with Crippen molar-refractivity contribution in [2.75, 3.05) is 45.6 Å². The van der Waals surface area contributed by atoms with E-state index in [1.807, 2.05) is 36.4 Å². The first-order valence-electron chi connectivity index (χ1n) is 34.2. The highest BCUT2D eigenvalue weighted by atomic mass is 33.1. The van der Waals surface area contributed by atoms with Crippen molar-refractivity contribution in [3.63, 3.8) is 0 Å². The number of hydrogen-bond acceptors (Lipinski definition) is 13. The molecule has 10 aliphatic carbocycles. The lowest BCUT2D eigenvalue weighted by atomic mass is 9.39. The lowest BCUT2D eigenvalue weighted by molar-refractivity contribution is -0.204. The van der Waals surface area contributed by atoms with E-state index in [1.54, 1.807) is 23.6 Å². The number of allylic oxidation sites excluding steroid dienone is 3. The molecular formula is C69H107N7O7S2. The average molecular weight is 1210 g/mol. The van der Waals surface area contributed by atoms with Gasteiger partial charge in [-0.05, 0) is 211 Å². The third-order valence-electron chi connectivity index (χ3n) is 26.8. The molecule has 0 radical (unpaired) electrons. The Kier molecular flexibility index (Phi) is 16.8. The molecule has 13 rings (SSSR count). The zero-order chi connectivity index (χ0) is 59.6. The summed E-state index contributed by atoms with van der Waals surface area (Å²) in [6, 6.07) is 0.108. The maximum Gasteiger partial charge on any atom is 0.190 e. The first kappa shape index (κ1) is 61.6. The van der Waals surface area contributed by atoms with Gasteiger partial charge in [-0.2, -0.15) is 0 Å². The zero-order valence-corrected chi connectivity index (χ0v) is 54.0. The van der Waals surface area contributed by atoms with Crippen LogP contribution in [0.1, 0.15) is 188 Å². The number of piperidine rings is 1. The van der Waals surface area contributed by atoms with Crippen LogP contribution in [0.25, 0.3) is 0 Å². The van der Waals surface area contributed by atoms with Crippen molar-refractivity contribution in [1.29, 1.82) is 0 Å². The van der Waals surface area contributed by atoms with Gasteiger partial charge < -0.3 is 56.9 Å². The molecule has 3 heterocycles. The van der Waals surface area contributed by atoms with Crippen molar-refractivity contribution < 1.29 is 35.4 Å². The second-order valence-electron chi connectivity index (χ2n) is 31.6. The molecule has 12 aliphatic rings. The second-order valence-corrected chi connectivity index (χ2v) is 34.2. The number of aliphatic hydroxyl groups excluding tert-OH is 5.